The maximum absolute atomic E-state index is 12.0. The lowest BCUT2D eigenvalue weighted by molar-refractivity contribution is 0.0315. The molecule has 120 valence electrons. The van der Waals surface area contributed by atoms with Crippen molar-refractivity contribution in [2.24, 2.45) is 10.9 Å². The summed E-state index contributed by atoms with van der Waals surface area (Å²) in [6.07, 6.45) is 9.35. The fourth-order valence-electron chi connectivity index (χ4n) is 2.97. The van der Waals surface area contributed by atoms with Gasteiger partial charge in [-0.1, -0.05) is 37.5 Å². The zero-order chi connectivity index (χ0) is 15.8. The average molecular weight is 301 g/mol. The molecule has 22 heavy (non-hydrogen) atoms. The number of aliphatic imine (C=N–C) groups is 1. The molecule has 1 aromatic carbocycles. The SMILES string of the molecule is CC(CC(C)OC(=O)c1ccccc1)N=CC1CCCCC1. The number of carbonyl (C=O) groups is 1. The van der Waals surface area contributed by atoms with Crippen molar-refractivity contribution in [1.29, 1.82) is 0 Å². The predicted octanol–water partition coefficient (Wildman–Crippen LogP) is 4.66. The maximum atomic E-state index is 12.0. The van der Waals surface area contributed by atoms with Gasteiger partial charge in [0.15, 0.2) is 0 Å². The molecule has 0 spiro atoms. The summed E-state index contributed by atoms with van der Waals surface area (Å²) >= 11 is 0. The van der Waals surface area contributed by atoms with Gasteiger partial charge >= 0.3 is 5.97 Å². The predicted molar refractivity (Wildman–Crippen MR) is 90.5 cm³/mol. The monoisotopic (exact) mass is 301 g/mol. The molecule has 0 radical (unpaired) electrons. The van der Waals surface area contributed by atoms with Crippen molar-refractivity contribution < 1.29 is 9.53 Å². The van der Waals surface area contributed by atoms with E-state index in [0.717, 1.165) is 6.42 Å². The third-order valence-corrected chi connectivity index (χ3v) is 4.19. The van der Waals surface area contributed by atoms with E-state index in [1.54, 1.807) is 12.1 Å². The number of rotatable bonds is 6. The number of esters is 1. The third kappa shape index (κ3) is 5.63. The van der Waals surface area contributed by atoms with Crippen LogP contribution in [-0.4, -0.2) is 24.3 Å². The summed E-state index contributed by atoms with van der Waals surface area (Å²) in [5.74, 6) is 0.398. The Balaban J connectivity index is 1.74. The van der Waals surface area contributed by atoms with Crippen molar-refractivity contribution in [3.05, 3.63) is 35.9 Å². The molecule has 3 heteroatoms. The van der Waals surface area contributed by atoms with Crippen LogP contribution in [0.2, 0.25) is 0 Å². The van der Waals surface area contributed by atoms with Crippen LogP contribution in [0, 0.1) is 5.92 Å². The van der Waals surface area contributed by atoms with Crippen LogP contribution in [0.25, 0.3) is 0 Å². The van der Waals surface area contributed by atoms with Gasteiger partial charge in [-0.25, -0.2) is 4.79 Å². The van der Waals surface area contributed by atoms with E-state index in [4.69, 9.17) is 4.74 Å². The normalized spacial score (nSPS) is 19.0. The summed E-state index contributed by atoms with van der Waals surface area (Å²) in [6, 6.07) is 9.33. The zero-order valence-electron chi connectivity index (χ0n) is 13.7. The first kappa shape index (κ1) is 16.7. The first-order valence-electron chi connectivity index (χ1n) is 8.44. The topological polar surface area (TPSA) is 38.7 Å². The number of ether oxygens (including phenoxy) is 1. The number of benzene rings is 1. The Morgan fingerprint density at radius 3 is 2.59 bits per heavy atom. The van der Waals surface area contributed by atoms with E-state index in [-0.39, 0.29) is 18.1 Å². The van der Waals surface area contributed by atoms with Crippen molar-refractivity contribution in [3.63, 3.8) is 0 Å². The van der Waals surface area contributed by atoms with Gasteiger partial charge in [-0.3, -0.25) is 4.99 Å². The minimum Gasteiger partial charge on any atom is -0.459 e. The van der Waals surface area contributed by atoms with Gasteiger partial charge in [-0.15, -0.1) is 0 Å². The zero-order valence-corrected chi connectivity index (χ0v) is 13.7. The van der Waals surface area contributed by atoms with Crippen LogP contribution in [0.15, 0.2) is 35.3 Å². The lowest BCUT2D eigenvalue weighted by Crippen LogP contribution is -2.19. The Labute approximate surface area is 133 Å². The van der Waals surface area contributed by atoms with Gasteiger partial charge < -0.3 is 4.74 Å². The van der Waals surface area contributed by atoms with Gasteiger partial charge in [-0.05, 0) is 44.7 Å². The third-order valence-electron chi connectivity index (χ3n) is 4.19. The summed E-state index contributed by atoms with van der Waals surface area (Å²) in [7, 11) is 0. The molecule has 1 fully saturated rings. The van der Waals surface area contributed by atoms with Crippen LogP contribution in [0.1, 0.15) is 62.7 Å². The highest BCUT2D eigenvalue weighted by Gasteiger charge is 2.15. The number of nitrogens with zero attached hydrogens (tertiary/aromatic N) is 1. The molecule has 0 saturated heterocycles. The molecule has 0 heterocycles. The molecule has 1 aromatic rings. The summed E-state index contributed by atoms with van der Waals surface area (Å²) in [4.78, 5) is 16.6. The maximum Gasteiger partial charge on any atom is 0.338 e. The lowest BCUT2D eigenvalue weighted by atomic mass is 9.90. The van der Waals surface area contributed by atoms with Gasteiger partial charge in [0.1, 0.15) is 6.10 Å². The van der Waals surface area contributed by atoms with Crippen LogP contribution in [-0.2, 0) is 4.74 Å². The molecule has 2 rings (SSSR count). The average Bonchev–Trinajstić information content (AvgIpc) is 2.54. The lowest BCUT2D eigenvalue weighted by Gasteiger charge is -2.19. The molecule has 3 nitrogen and oxygen atoms in total. The Morgan fingerprint density at radius 1 is 1.23 bits per heavy atom. The number of hydrogen-bond acceptors (Lipinski definition) is 3. The second-order valence-electron chi connectivity index (χ2n) is 6.36. The molecule has 0 amide bonds. The Bertz CT molecular complexity index is 477. The van der Waals surface area contributed by atoms with Crippen molar-refractivity contribution in [3.8, 4) is 0 Å². The fourth-order valence-corrected chi connectivity index (χ4v) is 2.97. The number of carbonyl (C=O) groups excluding carboxylic acids is 1. The molecule has 0 aromatic heterocycles. The van der Waals surface area contributed by atoms with Crippen molar-refractivity contribution >= 4 is 12.2 Å². The minimum atomic E-state index is -0.253. The highest BCUT2D eigenvalue weighted by atomic mass is 16.5. The van der Waals surface area contributed by atoms with Crippen molar-refractivity contribution in [2.75, 3.05) is 0 Å². The molecule has 1 aliphatic carbocycles. The molecule has 2 atom stereocenters. The van der Waals surface area contributed by atoms with Crippen LogP contribution in [0.3, 0.4) is 0 Å². The molecular formula is C19H27NO2. The summed E-state index contributed by atoms with van der Waals surface area (Å²) in [5, 5.41) is 0. The van der Waals surface area contributed by atoms with Crippen LogP contribution < -0.4 is 0 Å². The van der Waals surface area contributed by atoms with E-state index in [1.165, 1.54) is 32.1 Å². The van der Waals surface area contributed by atoms with E-state index >= 15 is 0 Å². The standard InChI is InChI=1S/C19H27NO2/c1-15(20-14-17-9-5-3-6-10-17)13-16(2)22-19(21)18-11-7-4-8-12-18/h4,7-8,11-12,14-17H,3,5-6,9-10,13H2,1-2H3. The van der Waals surface area contributed by atoms with Gasteiger partial charge in [0.2, 0.25) is 0 Å². The molecule has 1 aliphatic rings. The quantitative estimate of drug-likeness (QED) is 0.566. The van der Waals surface area contributed by atoms with Gasteiger partial charge in [0.05, 0.1) is 11.6 Å². The van der Waals surface area contributed by atoms with Gasteiger partial charge in [0, 0.05) is 12.6 Å². The highest BCUT2D eigenvalue weighted by Crippen LogP contribution is 2.22. The van der Waals surface area contributed by atoms with Crippen LogP contribution in [0.4, 0.5) is 0 Å². The van der Waals surface area contributed by atoms with Crippen molar-refractivity contribution in [1.82, 2.24) is 0 Å². The summed E-state index contributed by atoms with van der Waals surface area (Å²) in [5.41, 5.74) is 0.604. The number of hydrogen-bond donors (Lipinski definition) is 0. The smallest absolute Gasteiger partial charge is 0.338 e. The Hall–Kier alpha value is -1.64. The van der Waals surface area contributed by atoms with E-state index in [9.17, 15) is 4.79 Å². The minimum absolute atomic E-state index is 0.119. The van der Waals surface area contributed by atoms with Gasteiger partial charge in [-0.2, -0.15) is 0 Å². The van der Waals surface area contributed by atoms with Gasteiger partial charge in [0.25, 0.3) is 0 Å². The van der Waals surface area contributed by atoms with Crippen LogP contribution >= 0.6 is 0 Å². The molecule has 0 aliphatic heterocycles. The largest absolute Gasteiger partial charge is 0.459 e. The second-order valence-corrected chi connectivity index (χ2v) is 6.36. The Kier molecular flexibility index (Phi) is 6.63. The first-order valence-corrected chi connectivity index (χ1v) is 8.44. The van der Waals surface area contributed by atoms with E-state index in [0.29, 0.717) is 11.5 Å². The van der Waals surface area contributed by atoms with Crippen LogP contribution in [0.5, 0.6) is 0 Å². The summed E-state index contributed by atoms with van der Waals surface area (Å²) < 4.78 is 5.49. The Morgan fingerprint density at radius 2 is 1.91 bits per heavy atom. The fraction of sp³-hybridized carbons (Fsp3) is 0.579. The first-order chi connectivity index (χ1) is 10.6. The molecule has 0 bridgehead atoms. The second kappa shape index (κ2) is 8.72. The van der Waals surface area contributed by atoms with E-state index < -0.39 is 0 Å². The molecule has 0 N–H and O–H groups in total. The summed E-state index contributed by atoms with van der Waals surface area (Å²) in [6.45, 7) is 4.03. The van der Waals surface area contributed by atoms with E-state index in [1.807, 2.05) is 25.1 Å². The molecule has 2 unspecified atom stereocenters. The van der Waals surface area contributed by atoms with Crippen molar-refractivity contribution in [2.45, 2.75) is 64.5 Å². The highest BCUT2D eigenvalue weighted by molar-refractivity contribution is 5.89. The molecular weight excluding hydrogens is 274 g/mol. The van der Waals surface area contributed by atoms with E-state index in [2.05, 4.69) is 18.1 Å². The molecule has 1 saturated carbocycles.